The lowest BCUT2D eigenvalue weighted by Gasteiger charge is -2.18. The van der Waals surface area contributed by atoms with Gasteiger partial charge in [-0.25, -0.2) is 13.8 Å². The van der Waals surface area contributed by atoms with E-state index in [1.165, 1.54) is 4.90 Å². The molecule has 4 nitrogen and oxygen atoms in total. The Labute approximate surface area is 116 Å². The van der Waals surface area contributed by atoms with Crippen LogP contribution in [0.2, 0.25) is 0 Å². The average Bonchev–Trinajstić information content (AvgIpc) is 2.91. The smallest absolute Gasteiger partial charge is 0.275 e. The zero-order chi connectivity index (χ0) is 14.5. The molecule has 1 fully saturated rings. The number of ether oxygens (including phenoxy) is 1. The topological polar surface area (TPSA) is 42.4 Å². The largest absolute Gasteiger partial charge is 0.378 e. The van der Waals surface area contributed by atoms with Crippen molar-refractivity contribution in [3.8, 4) is 0 Å². The molecule has 0 aliphatic carbocycles. The average molecular weight is 284 g/mol. The van der Waals surface area contributed by atoms with Crippen LogP contribution in [0.3, 0.4) is 0 Å². The van der Waals surface area contributed by atoms with Crippen LogP contribution < -0.4 is 0 Å². The Hall–Kier alpha value is -1.56. The van der Waals surface area contributed by atoms with Crippen LogP contribution in [-0.4, -0.2) is 42.1 Å². The third kappa shape index (κ3) is 3.72. The predicted molar refractivity (Wildman–Crippen MR) is 69.3 cm³/mol. The normalized spacial score (nSPS) is 18.2. The molecule has 1 aromatic heterocycles. The first-order chi connectivity index (χ1) is 9.58. The molecule has 2 rings (SSSR count). The maximum Gasteiger partial charge on any atom is 0.275 e. The highest BCUT2D eigenvalue weighted by Gasteiger charge is 2.19. The second kappa shape index (κ2) is 6.74. The Kier molecular flexibility index (Phi) is 5.00. The van der Waals surface area contributed by atoms with Crippen LogP contribution in [0.5, 0.6) is 0 Å². The molecule has 6 heteroatoms. The number of halogens is 2. The van der Waals surface area contributed by atoms with E-state index in [1.807, 2.05) is 0 Å². The molecular weight excluding hydrogens is 266 g/mol. The molecule has 1 amide bonds. The van der Waals surface area contributed by atoms with Gasteiger partial charge in [0.25, 0.3) is 5.91 Å². The van der Waals surface area contributed by atoms with Gasteiger partial charge in [-0.1, -0.05) is 0 Å². The summed E-state index contributed by atoms with van der Waals surface area (Å²) in [4.78, 5) is 16.9. The van der Waals surface area contributed by atoms with Gasteiger partial charge in [-0.15, -0.1) is 0 Å². The van der Waals surface area contributed by atoms with Crippen LogP contribution >= 0.6 is 0 Å². The first kappa shape index (κ1) is 14.8. The molecule has 1 aliphatic heterocycles. The van der Waals surface area contributed by atoms with Gasteiger partial charge in [-0.2, -0.15) is 0 Å². The van der Waals surface area contributed by atoms with Crippen molar-refractivity contribution in [2.24, 2.45) is 0 Å². The lowest BCUT2D eigenvalue weighted by atomic mass is 10.1. The quantitative estimate of drug-likeness (QED) is 0.833. The molecule has 20 heavy (non-hydrogen) atoms. The zero-order valence-electron chi connectivity index (χ0n) is 11.4. The first-order valence-electron chi connectivity index (χ1n) is 6.76. The molecule has 2 heterocycles. The molecule has 1 saturated heterocycles. The van der Waals surface area contributed by atoms with Crippen molar-refractivity contribution in [2.75, 3.05) is 20.2 Å². The maximum absolute atomic E-state index is 13.5. The van der Waals surface area contributed by atoms with Crippen LogP contribution in [0.4, 0.5) is 8.78 Å². The lowest BCUT2D eigenvalue weighted by Crippen LogP contribution is -2.30. The highest BCUT2D eigenvalue weighted by Crippen LogP contribution is 2.17. The van der Waals surface area contributed by atoms with Crippen LogP contribution in [-0.2, 0) is 4.74 Å². The second-order valence-corrected chi connectivity index (χ2v) is 4.99. The van der Waals surface area contributed by atoms with E-state index in [0.717, 1.165) is 38.5 Å². The number of aromatic nitrogens is 1. The van der Waals surface area contributed by atoms with Crippen LogP contribution in [0.15, 0.2) is 12.3 Å². The van der Waals surface area contributed by atoms with Crippen molar-refractivity contribution in [1.82, 2.24) is 9.88 Å². The zero-order valence-corrected chi connectivity index (χ0v) is 11.4. The molecule has 0 unspecified atom stereocenters. The number of carbonyl (C=O) groups excluding carboxylic acids is 1. The van der Waals surface area contributed by atoms with Crippen molar-refractivity contribution in [3.05, 3.63) is 29.6 Å². The molecule has 0 N–H and O–H groups in total. The fourth-order valence-corrected chi connectivity index (χ4v) is 2.28. The standard InChI is InChI=1S/C14H18F2N2O2/c1-18(6-2-4-11-5-3-7-20-11)14(19)13-12(16)8-10(15)9-17-13/h8-9,11H,2-7H2,1H3/t11-/m1/s1. The number of hydrogen-bond donors (Lipinski definition) is 0. The number of hydrogen-bond acceptors (Lipinski definition) is 3. The summed E-state index contributed by atoms with van der Waals surface area (Å²) < 4.78 is 31.7. The van der Waals surface area contributed by atoms with E-state index >= 15 is 0 Å². The van der Waals surface area contributed by atoms with Gasteiger partial charge in [0.15, 0.2) is 11.5 Å². The third-order valence-corrected chi connectivity index (χ3v) is 3.40. The van der Waals surface area contributed by atoms with Gasteiger partial charge in [-0.3, -0.25) is 4.79 Å². The number of amides is 1. The van der Waals surface area contributed by atoms with Gasteiger partial charge >= 0.3 is 0 Å². The van der Waals surface area contributed by atoms with E-state index < -0.39 is 17.5 Å². The van der Waals surface area contributed by atoms with Gasteiger partial charge < -0.3 is 9.64 Å². The highest BCUT2D eigenvalue weighted by atomic mass is 19.1. The minimum Gasteiger partial charge on any atom is -0.378 e. The fraction of sp³-hybridized carbons (Fsp3) is 0.571. The Bertz CT molecular complexity index is 476. The summed E-state index contributed by atoms with van der Waals surface area (Å²) in [5.41, 5.74) is -0.342. The van der Waals surface area contributed by atoms with Crippen LogP contribution in [0.1, 0.15) is 36.2 Å². The summed E-state index contributed by atoms with van der Waals surface area (Å²) >= 11 is 0. The molecule has 110 valence electrons. The van der Waals surface area contributed by atoms with Crippen LogP contribution in [0, 0.1) is 11.6 Å². The van der Waals surface area contributed by atoms with Gasteiger partial charge in [-0.05, 0) is 25.7 Å². The molecule has 0 saturated carbocycles. The van der Waals surface area contributed by atoms with Crippen molar-refractivity contribution in [1.29, 1.82) is 0 Å². The lowest BCUT2D eigenvalue weighted by molar-refractivity contribution is 0.0753. The predicted octanol–water partition coefficient (Wildman–Crippen LogP) is 2.39. The SMILES string of the molecule is CN(CCC[C@@H]1CCCO1)C(=O)c1ncc(F)cc1F. The fourth-order valence-electron chi connectivity index (χ4n) is 2.28. The summed E-state index contributed by atoms with van der Waals surface area (Å²) in [5.74, 6) is -2.25. The molecule has 0 aromatic carbocycles. The van der Waals surface area contributed by atoms with Crippen molar-refractivity contribution in [2.45, 2.75) is 31.8 Å². The summed E-state index contributed by atoms with van der Waals surface area (Å²) in [6, 6.07) is 0.667. The molecule has 1 atom stereocenters. The van der Waals surface area contributed by atoms with Gasteiger partial charge in [0.05, 0.1) is 12.3 Å². The van der Waals surface area contributed by atoms with E-state index in [0.29, 0.717) is 12.6 Å². The maximum atomic E-state index is 13.5. The Morgan fingerprint density at radius 2 is 2.35 bits per heavy atom. The monoisotopic (exact) mass is 284 g/mol. The van der Waals surface area contributed by atoms with Gasteiger partial charge in [0, 0.05) is 26.3 Å². The Balaban J connectivity index is 1.84. The van der Waals surface area contributed by atoms with Gasteiger partial charge in [0.1, 0.15) is 5.82 Å². The first-order valence-corrected chi connectivity index (χ1v) is 6.76. The summed E-state index contributed by atoms with van der Waals surface area (Å²) in [6.07, 6.45) is 4.94. The van der Waals surface area contributed by atoms with Crippen molar-refractivity contribution in [3.63, 3.8) is 0 Å². The number of carbonyl (C=O) groups is 1. The van der Waals surface area contributed by atoms with Crippen LogP contribution in [0.25, 0.3) is 0 Å². The summed E-state index contributed by atoms with van der Waals surface area (Å²) in [7, 11) is 1.59. The minimum atomic E-state index is -0.930. The van der Waals surface area contributed by atoms with E-state index in [4.69, 9.17) is 4.74 Å². The van der Waals surface area contributed by atoms with E-state index in [1.54, 1.807) is 7.05 Å². The van der Waals surface area contributed by atoms with E-state index in [9.17, 15) is 13.6 Å². The summed E-state index contributed by atoms with van der Waals surface area (Å²) in [6.45, 7) is 1.31. The molecule has 1 aliphatic rings. The third-order valence-electron chi connectivity index (χ3n) is 3.40. The second-order valence-electron chi connectivity index (χ2n) is 4.99. The Morgan fingerprint density at radius 1 is 1.55 bits per heavy atom. The number of rotatable bonds is 5. The number of pyridine rings is 1. The van der Waals surface area contributed by atoms with Crippen molar-refractivity contribution >= 4 is 5.91 Å². The molecule has 0 radical (unpaired) electrons. The molecule has 0 spiro atoms. The highest BCUT2D eigenvalue weighted by molar-refractivity contribution is 5.92. The molecular formula is C14H18F2N2O2. The van der Waals surface area contributed by atoms with Crippen molar-refractivity contribution < 1.29 is 18.3 Å². The number of nitrogens with zero attached hydrogens (tertiary/aromatic N) is 2. The molecule has 1 aromatic rings. The van der Waals surface area contributed by atoms with E-state index in [2.05, 4.69) is 4.98 Å². The minimum absolute atomic E-state index is 0.277. The van der Waals surface area contributed by atoms with Gasteiger partial charge in [0.2, 0.25) is 0 Å². The molecule has 0 bridgehead atoms. The Morgan fingerprint density at radius 3 is 3.00 bits per heavy atom. The summed E-state index contributed by atoms with van der Waals surface area (Å²) in [5, 5.41) is 0. The van der Waals surface area contributed by atoms with E-state index in [-0.39, 0.29) is 11.8 Å².